The zero-order valence-corrected chi connectivity index (χ0v) is 10.4. The molecule has 2 atom stereocenters. The highest BCUT2D eigenvalue weighted by molar-refractivity contribution is 4.88. The Hall–Kier alpha value is -0.340. The molecule has 2 N–H and O–H groups in total. The van der Waals surface area contributed by atoms with Gasteiger partial charge in [0.1, 0.15) is 0 Å². The Morgan fingerprint density at radius 2 is 1.53 bits per heavy atom. The van der Waals surface area contributed by atoms with E-state index in [0.717, 1.165) is 19.3 Å². The maximum Gasteiger partial charge on any atom is 0.0459 e. The van der Waals surface area contributed by atoms with E-state index < -0.39 is 0 Å². The highest BCUT2D eigenvalue weighted by Crippen LogP contribution is 2.27. The Morgan fingerprint density at radius 3 is 1.80 bits per heavy atom. The zero-order chi connectivity index (χ0) is 11.7. The zero-order valence-electron chi connectivity index (χ0n) is 10.4. The molecular weight excluding hydrogens is 188 g/mol. The molecule has 1 fully saturated rings. The van der Waals surface area contributed by atoms with Crippen LogP contribution in [-0.2, 0) is 0 Å². The lowest BCUT2D eigenvalue weighted by atomic mass is 9.82. The van der Waals surface area contributed by atoms with Crippen molar-refractivity contribution in [2.75, 3.05) is 13.2 Å². The number of hydrogen-bond donors (Lipinski definition) is 2. The molecule has 0 amide bonds. The molecule has 0 heterocycles. The summed E-state index contributed by atoms with van der Waals surface area (Å²) in [5.41, 5.74) is 1.38. The fraction of sp³-hybridized carbons (Fsp3) is 0.846. The van der Waals surface area contributed by atoms with E-state index in [1.807, 2.05) is 6.92 Å². The summed E-state index contributed by atoms with van der Waals surface area (Å²) in [6.07, 6.45) is 6.57. The molecule has 0 aliphatic heterocycles. The molecule has 0 saturated heterocycles. The quantitative estimate of drug-likeness (QED) is 0.694. The maximum absolute atomic E-state index is 8.82. The molecule has 2 nitrogen and oxygen atoms in total. The summed E-state index contributed by atoms with van der Waals surface area (Å²) in [5.74, 6) is 0.928. The molecule has 1 aliphatic carbocycles. The monoisotopic (exact) mass is 214 g/mol. The lowest BCUT2D eigenvalue weighted by molar-refractivity contribution is 0.121. The first-order chi connectivity index (χ1) is 7.13. The Kier molecular flexibility index (Phi) is 8.73. The highest BCUT2D eigenvalue weighted by atomic mass is 16.3. The third kappa shape index (κ3) is 7.57. The Bertz CT molecular complexity index is 161. The number of rotatable bonds is 2. The van der Waals surface area contributed by atoms with Gasteiger partial charge in [0.2, 0.25) is 0 Å². The van der Waals surface area contributed by atoms with Crippen LogP contribution in [0.4, 0.5) is 0 Å². The normalized spacial score (nSPS) is 25.1. The van der Waals surface area contributed by atoms with Crippen molar-refractivity contribution >= 4 is 0 Å². The SMILES string of the molecule is CC=C(C)C.OCC1CCCC(CO)C1. The van der Waals surface area contributed by atoms with Crippen LogP contribution < -0.4 is 0 Å². The van der Waals surface area contributed by atoms with Gasteiger partial charge in [0.25, 0.3) is 0 Å². The smallest absolute Gasteiger partial charge is 0.0459 e. The molecule has 1 rings (SSSR count). The van der Waals surface area contributed by atoms with Gasteiger partial charge in [0, 0.05) is 13.2 Å². The standard InChI is InChI=1S/C8H16O2.C5H10/c9-5-7-2-1-3-8(4-7)6-10;1-4-5(2)3/h7-10H,1-6H2;4H,1-3H3. The molecule has 90 valence electrons. The minimum Gasteiger partial charge on any atom is -0.396 e. The van der Waals surface area contributed by atoms with Gasteiger partial charge in [-0.15, -0.1) is 0 Å². The van der Waals surface area contributed by atoms with Gasteiger partial charge >= 0.3 is 0 Å². The van der Waals surface area contributed by atoms with Crippen molar-refractivity contribution < 1.29 is 10.2 Å². The van der Waals surface area contributed by atoms with Gasteiger partial charge in [0.15, 0.2) is 0 Å². The van der Waals surface area contributed by atoms with E-state index in [0.29, 0.717) is 25.0 Å². The topological polar surface area (TPSA) is 40.5 Å². The van der Waals surface area contributed by atoms with Gasteiger partial charge in [0.05, 0.1) is 0 Å². The second kappa shape index (κ2) is 8.93. The summed E-state index contributed by atoms with van der Waals surface area (Å²) in [4.78, 5) is 0. The molecule has 1 saturated carbocycles. The molecule has 2 heteroatoms. The number of allylic oxidation sites excluding steroid dienone is 2. The predicted molar refractivity (Wildman–Crippen MR) is 64.7 cm³/mol. The fourth-order valence-electron chi connectivity index (χ4n) is 1.73. The van der Waals surface area contributed by atoms with Crippen LogP contribution in [0.3, 0.4) is 0 Å². The molecule has 0 aromatic heterocycles. The lowest BCUT2D eigenvalue weighted by Gasteiger charge is -2.26. The van der Waals surface area contributed by atoms with Crippen molar-refractivity contribution in [3.05, 3.63) is 11.6 Å². The Balaban J connectivity index is 0.000000336. The second-order valence-electron chi connectivity index (χ2n) is 4.63. The van der Waals surface area contributed by atoms with Crippen LogP contribution in [-0.4, -0.2) is 23.4 Å². The van der Waals surface area contributed by atoms with Gasteiger partial charge in [-0.3, -0.25) is 0 Å². The molecule has 15 heavy (non-hydrogen) atoms. The molecule has 0 bridgehead atoms. The summed E-state index contributed by atoms with van der Waals surface area (Å²) in [6.45, 7) is 6.81. The molecular formula is C13H26O2. The van der Waals surface area contributed by atoms with Gasteiger partial charge in [-0.1, -0.05) is 18.1 Å². The Labute approximate surface area is 94.0 Å². The van der Waals surface area contributed by atoms with Gasteiger partial charge in [-0.25, -0.2) is 0 Å². The van der Waals surface area contributed by atoms with Crippen LogP contribution in [0.25, 0.3) is 0 Å². The van der Waals surface area contributed by atoms with Crippen molar-refractivity contribution in [2.24, 2.45) is 11.8 Å². The Morgan fingerprint density at radius 1 is 1.13 bits per heavy atom. The van der Waals surface area contributed by atoms with Gasteiger partial charge < -0.3 is 10.2 Å². The molecule has 0 aromatic rings. The van der Waals surface area contributed by atoms with E-state index >= 15 is 0 Å². The van der Waals surface area contributed by atoms with Crippen LogP contribution in [0.15, 0.2) is 11.6 Å². The van der Waals surface area contributed by atoms with E-state index in [-0.39, 0.29) is 0 Å². The fourth-order valence-corrected chi connectivity index (χ4v) is 1.73. The first-order valence-corrected chi connectivity index (χ1v) is 5.95. The molecule has 2 unspecified atom stereocenters. The summed E-state index contributed by atoms with van der Waals surface area (Å²) >= 11 is 0. The lowest BCUT2D eigenvalue weighted by Crippen LogP contribution is -2.20. The van der Waals surface area contributed by atoms with Crippen LogP contribution in [0.5, 0.6) is 0 Å². The van der Waals surface area contributed by atoms with E-state index in [1.54, 1.807) is 0 Å². The summed E-state index contributed by atoms with van der Waals surface area (Å²) < 4.78 is 0. The van der Waals surface area contributed by atoms with Crippen LogP contribution in [0.2, 0.25) is 0 Å². The van der Waals surface area contributed by atoms with Crippen molar-refractivity contribution in [2.45, 2.75) is 46.5 Å². The highest BCUT2D eigenvalue weighted by Gasteiger charge is 2.20. The summed E-state index contributed by atoms with van der Waals surface area (Å²) in [5, 5.41) is 17.6. The van der Waals surface area contributed by atoms with Crippen molar-refractivity contribution in [1.82, 2.24) is 0 Å². The first kappa shape index (κ1) is 14.7. The number of hydrogen-bond acceptors (Lipinski definition) is 2. The summed E-state index contributed by atoms with van der Waals surface area (Å²) in [7, 11) is 0. The van der Waals surface area contributed by atoms with Crippen LogP contribution in [0, 0.1) is 11.8 Å². The predicted octanol–water partition coefficient (Wildman–Crippen LogP) is 2.75. The summed E-state index contributed by atoms with van der Waals surface area (Å²) in [6, 6.07) is 0. The van der Waals surface area contributed by atoms with E-state index in [4.69, 9.17) is 10.2 Å². The van der Waals surface area contributed by atoms with Crippen molar-refractivity contribution in [1.29, 1.82) is 0 Å². The maximum atomic E-state index is 8.82. The largest absolute Gasteiger partial charge is 0.396 e. The average Bonchev–Trinajstić information content (AvgIpc) is 2.29. The van der Waals surface area contributed by atoms with E-state index in [9.17, 15) is 0 Å². The van der Waals surface area contributed by atoms with Crippen LogP contribution in [0.1, 0.15) is 46.5 Å². The van der Waals surface area contributed by atoms with Crippen molar-refractivity contribution in [3.8, 4) is 0 Å². The third-order valence-corrected chi connectivity index (χ3v) is 2.99. The average molecular weight is 214 g/mol. The van der Waals surface area contributed by atoms with E-state index in [2.05, 4.69) is 19.9 Å². The number of aliphatic hydroxyl groups is 2. The second-order valence-corrected chi connectivity index (χ2v) is 4.63. The van der Waals surface area contributed by atoms with Gasteiger partial charge in [-0.2, -0.15) is 0 Å². The third-order valence-electron chi connectivity index (χ3n) is 2.99. The molecule has 1 aliphatic rings. The molecule has 0 radical (unpaired) electrons. The first-order valence-electron chi connectivity index (χ1n) is 5.95. The van der Waals surface area contributed by atoms with Crippen molar-refractivity contribution in [3.63, 3.8) is 0 Å². The molecule has 0 aromatic carbocycles. The minimum absolute atomic E-state index is 0.302. The molecule has 0 spiro atoms. The van der Waals surface area contributed by atoms with Gasteiger partial charge in [-0.05, 0) is 51.9 Å². The van der Waals surface area contributed by atoms with Crippen LogP contribution >= 0.6 is 0 Å². The van der Waals surface area contributed by atoms with E-state index in [1.165, 1.54) is 12.0 Å². The minimum atomic E-state index is 0.302. The number of aliphatic hydroxyl groups excluding tert-OH is 2.